The van der Waals surface area contributed by atoms with Crippen molar-refractivity contribution in [3.63, 3.8) is 0 Å². The highest BCUT2D eigenvalue weighted by molar-refractivity contribution is 7.89. The lowest BCUT2D eigenvalue weighted by Crippen LogP contribution is -2.31. The van der Waals surface area contributed by atoms with Crippen LogP contribution in [0.15, 0.2) is 41.3 Å². The highest BCUT2D eigenvalue weighted by Gasteiger charge is 2.30. The van der Waals surface area contributed by atoms with E-state index in [-0.39, 0.29) is 5.56 Å². The molecule has 0 aliphatic rings. The van der Waals surface area contributed by atoms with Gasteiger partial charge >= 0.3 is 12.1 Å². The van der Waals surface area contributed by atoms with Gasteiger partial charge in [0.25, 0.3) is 0 Å². The molecule has 5 nitrogen and oxygen atoms in total. The predicted octanol–water partition coefficient (Wildman–Crippen LogP) is 3.14. The Morgan fingerprint density at radius 3 is 2.36 bits per heavy atom. The zero-order valence-electron chi connectivity index (χ0n) is 13.7. The van der Waals surface area contributed by atoms with Gasteiger partial charge in [0.15, 0.2) is 17.5 Å². The lowest BCUT2D eigenvalue weighted by Gasteiger charge is -2.10. The van der Waals surface area contributed by atoms with E-state index < -0.39 is 63.2 Å². The van der Waals surface area contributed by atoms with Crippen LogP contribution in [-0.2, 0) is 32.3 Å². The average Bonchev–Trinajstić information content (AvgIpc) is 2.62. The summed E-state index contributed by atoms with van der Waals surface area (Å²) in [7, 11) is -4.72. The molecule has 2 rings (SSSR count). The first-order valence-corrected chi connectivity index (χ1v) is 8.85. The summed E-state index contributed by atoms with van der Waals surface area (Å²) in [6.45, 7) is -1.59. The van der Waals surface area contributed by atoms with Crippen molar-refractivity contribution < 1.29 is 44.3 Å². The Labute approximate surface area is 155 Å². The molecule has 0 aliphatic heterocycles. The smallest absolute Gasteiger partial charge is 0.416 e. The van der Waals surface area contributed by atoms with Crippen LogP contribution in [0.5, 0.6) is 0 Å². The lowest BCUT2D eigenvalue weighted by atomic mass is 10.1. The van der Waals surface area contributed by atoms with Crippen molar-refractivity contribution in [3.8, 4) is 0 Å². The summed E-state index contributed by atoms with van der Waals surface area (Å²) in [5.74, 6) is -6.76. The summed E-state index contributed by atoms with van der Waals surface area (Å²) in [5.41, 5.74) is -0.965. The SMILES string of the molecule is O=C(CNS(=O)(=O)c1ccc(F)c(F)c1F)OCc1cccc(C(F)(F)F)c1. The normalized spacial score (nSPS) is 12.1. The van der Waals surface area contributed by atoms with Crippen LogP contribution in [0.1, 0.15) is 11.1 Å². The van der Waals surface area contributed by atoms with E-state index in [2.05, 4.69) is 4.74 Å². The van der Waals surface area contributed by atoms with Crippen LogP contribution in [0.25, 0.3) is 0 Å². The Balaban J connectivity index is 1.98. The van der Waals surface area contributed by atoms with E-state index in [9.17, 15) is 39.6 Å². The summed E-state index contributed by atoms with van der Waals surface area (Å²) in [5, 5.41) is 0. The molecule has 0 bridgehead atoms. The van der Waals surface area contributed by atoms with Crippen molar-refractivity contribution in [2.24, 2.45) is 0 Å². The molecule has 2 aromatic rings. The number of ether oxygens (including phenoxy) is 1. The highest BCUT2D eigenvalue weighted by atomic mass is 32.2. The van der Waals surface area contributed by atoms with Crippen molar-refractivity contribution in [2.45, 2.75) is 17.7 Å². The molecule has 0 unspecified atom stereocenters. The number of hydrogen-bond acceptors (Lipinski definition) is 4. The van der Waals surface area contributed by atoms with Gasteiger partial charge in [0.2, 0.25) is 10.0 Å². The van der Waals surface area contributed by atoms with Gasteiger partial charge in [-0.2, -0.15) is 17.9 Å². The van der Waals surface area contributed by atoms with Crippen LogP contribution in [0.4, 0.5) is 26.3 Å². The monoisotopic (exact) mass is 427 g/mol. The van der Waals surface area contributed by atoms with E-state index in [0.29, 0.717) is 12.1 Å². The summed E-state index contributed by atoms with van der Waals surface area (Å²) >= 11 is 0. The number of rotatable bonds is 6. The van der Waals surface area contributed by atoms with Crippen molar-refractivity contribution in [2.75, 3.05) is 6.54 Å². The van der Waals surface area contributed by atoms with E-state index in [1.807, 2.05) is 0 Å². The Hall–Kier alpha value is -2.60. The third-order valence-electron chi connectivity index (χ3n) is 3.35. The Morgan fingerprint density at radius 2 is 1.71 bits per heavy atom. The zero-order valence-corrected chi connectivity index (χ0v) is 14.5. The number of carbonyl (C=O) groups excluding carboxylic acids is 1. The highest BCUT2D eigenvalue weighted by Crippen LogP contribution is 2.29. The molecule has 0 saturated carbocycles. The van der Waals surface area contributed by atoms with E-state index in [4.69, 9.17) is 0 Å². The molecule has 1 N–H and O–H groups in total. The minimum atomic E-state index is -4.72. The number of benzene rings is 2. The molecule has 0 amide bonds. The first-order valence-electron chi connectivity index (χ1n) is 7.37. The van der Waals surface area contributed by atoms with Gasteiger partial charge in [-0.3, -0.25) is 4.79 Å². The van der Waals surface area contributed by atoms with Gasteiger partial charge < -0.3 is 4.74 Å². The quantitative estimate of drug-likeness (QED) is 0.437. The van der Waals surface area contributed by atoms with Gasteiger partial charge in [0.05, 0.1) is 5.56 Å². The molecule has 0 radical (unpaired) electrons. The maximum absolute atomic E-state index is 13.5. The molecular formula is C16H11F6NO4S. The van der Waals surface area contributed by atoms with Gasteiger partial charge in [-0.25, -0.2) is 21.6 Å². The van der Waals surface area contributed by atoms with Gasteiger partial charge in [0.1, 0.15) is 18.0 Å². The molecule has 12 heteroatoms. The average molecular weight is 427 g/mol. The summed E-state index contributed by atoms with van der Waals surface area (Å²) in [6.07, 6.45) is -4.59. The fourth-order valence-corrected chi connectivity index (χ4v) is 3.04. The number of hydrogen-bond donors (Lipinski definition) is 1. The standard InChI is InChI=1S/C16H11F6NO4S/c17-11-4-5-12(15(19)14(11)18)28(25,26)23-7-13(24)27-8-9-2-1-3-10(6-9)16(20,21)22/h1-6,23H,7-8H2. The van der Waals surface area contributed by atoms with E-state index in [1.165, 1.54) is 6.07 Å². The maximum atomic E-state index is 13.5. The molecule has 2 aromatic carbocycles. The molecule has 0 saturated heterocycles. The van der Waals surface area contributed by atoms with Crippen LogP contribution in [0.3, 0.4) is 0 Å². The Morgan fingerprint density at radius 1 is 1.04 bits per heavy atom. The first-order chi connectivity index (χ1) is 12.9. The third kappa shape index (κ3) is 5.23. The van der Waals surface area contributed by atoms with E-state index >= 15 is 0 Å². The van der Waals surface area contributed by atoms with Crippen molar-refractivity contribution in [1.82, 2.24) is 4.72 Å². The summed E-state index contributed by atoms with van der Waals surface area (Å²) in [4.78, 5) is 10.4. The molecule has 152 valence electrons. The van der Waals surface area contributed by atoms with Crippen LogP contribution in [0.2, 0.25) is 0 Å². The molecule has 0 atom stereocenters. The molecule has 28 heavy (non-hydrogen) atoms. The number of sulfonamides is 1. The minimum absolute atomic E-state index is 0.00215. The predicted molar refractivity (Wildman–Crippen MR) is 82.7 cm³/mol. The second-order valence-electron chi connectivity index (χ2n) is 5.36. The maximum Gasteiger partial charge on any atom is 0.416 e. The summed E-state index contributed by atoms with van der Waals surface area (Å²) in [6, 6.07) is 4.76. The van der Waals surface area contributed by atoms with Crippen molar-refractivity contribution >= 4 is 16.0 Å². The van der Waals surface area contributed by atoms with Crippen LogP contribution in [-0.4, -0.2) is 20.9 Å². The van der Waals surface area contributed by atoms with Gasteiger partial charge in [-0.05, 0) is 29.8 Å². The van der Waals surface area contributed by atoms with E-state index in [1.54, 1.807) is 4.72 Å². The molecule has 0 aliphatic carbocycles. The number of halogens is 6. The van der Waals surface area contributed by atoms with E-state index in [0.717, 1.165) is 18.2 Å². The number of nitrogens with one attached hydrogen (secondary N) is 1. The van der Waals surface area contributed by atoms with Gasteiger partial charge in [-0.15, -0.1) is 0 Å². The minimum Gasteiger partial charge on any atom is -0.460 e. The summed E-state index contributed by atoms with van der Waals surface area (Å²) < 4.78 is 107. The number of carbonyl (C=O) groups is 1. The zero-order chi connectivity index (χ0) is 21.1. The Kier molecular flexibility index (Phi) is 6.34. The van der Waals surface area contributed by atoms with Crippen molar-refractivity contribution in [1.29, 1.82) is 0 Å². The first kappa shape index (κ1) is 21.7. The molecule has 0 spiro atoms. The van der Waals surface area contributed by atoms with Gasteiger partial charge in [0, 0.05) is 0 Å². The fraction of sp³-hybridized carbons (Fsp3) is 0.188. The van der Waals surface area contributed by atoms with Crippen LogP contribution >= 0.6 is 0 Å². The molecular weight excluding hydrogens is 416 g/mol. The van der Waals surface area contributed by atoms with Crippen LogP contribution in [0, 0.1) is 17.5 Å². The topological polar surface area (TPSA) is 72.5 Å². The van der Waals surface area contributed by atoms with Gasteiger partial charge in [-0.1, -0.05) is 12.1 Å². The largest absolute Gasteiger partial charge is 0.460 e. The molecule has 0 fully saturated rings. The van der Waals surface area contributed by atoms with Crippen molar-refractivity contribution in [3.05, 3.63) is 65.0 Å². The number of esters is 1. The molecule has 0 aromatic heterocycles. The second-order valence-corrected chi connectivity index (χ2v) is 7.09. The Bertz CT molecular complexity index is 991. The fourth-order valence-electron chi connectivity index (χ4n) is 2.00. The van der Waals surface area contributed by atoms with Crippen LogP contribution < -0.4 is 4.72 Å². The second kappa shape index (κ2) is 8.19. The lowest BCUT2D eigenvalue weighted by molar-refractivity contribution is -0.143. The third-order valence-corrected chi connectivity index (χ3v) is 4.77. The number of alkyl halides is 3. The molecule has 0 heterocycles.